The molecule has 6 nitrogen and oxygen atoms in total. The van der Waals surface area contributed by atoms with Gasteiger partial charge in [0.1, 0.15) is 5.82 Å². The molecule has 0 spiro atoms. The predicted molar refractivity (Wildman–Crippen MR) is 134 cm³/mol. The van der Waals surface area contributed by atoms with Gasteiger partial charge in [-0.25, -0.2) is 14.1 Å². The van der Waals surface area contributed by atoms with Crippen molar-refractivity contribution in [2.24, 2.45) is 0 Å². The number of hydrogen-bond donors (Lipinski definition) is 0. The first-order chi connectivity index (χ1) is 17.0. The molecule has 3 aromatic heterocycles. The van der Waals surface area contributed by atoms with Gasteiger partial charge in [0.05, 0.1) is 29.4 Å². The van der Waals surface area contributed by atoms with E-state index in [9.17, 15) is 9.18 Å². The molecule has 8 heteroatoms. The number of fused-ring (bicyclic) bond motifs is 1. The van der Waals surface area contributed by atoms with Crippen LogP contribution in [-0.4, -0.2) is 37.6 Å². The van der Waals surface area contributed by atoms with Crippen LogP contribution < -0.4 is 0 Å². The maximum atomic E-state index is 14.4. The number of amides is 1. The lowest BCUT2D eigenvalue weighted by Crippen LogP contribution is -2.27. The minimum absolute atomic E-state index is 0.0278. The Labute approximate surface area is 206 Å². The van der Waals surface area contributed by atoms with Crippen LogP contribution in [0.15, 0.2) is 85.3 Å². The van der Waals surface area contributed by atoms with Gasteiger partial charge in [-0.1, -0.05) is 48.0 Å². The summed E-state index contributed by atoms with van der Waals surface area (Å²) in [6, 6.07) is 19.7. The van der Waals surface area contributed by atoms with E-state index in [1.165, 1.54) is 11.0 Å². The zero-order valence-corrected chi connectivity index (χ0v) is 19.7. The number of carbonyl (C=O) groups is 1. The quantitative estimate of drug-likeness (QED) is 0.314. The first-order valence-corrected chi connectivity index (χ1v) is 11.4. The molecular weight excluding hydrogens is 465 g/mol. The summed E-state index contributed by atoms with van der Waals surface area (Å²) >= 11 is 6.20. The third-order valence-corrected chi connectivity index (χ3v) is 6.15. The predicted octanol–water partition coefficient (Wildman–Crippen LogP) is 5.61. The highest BCUT2D eigenvalue weighted by atomic mass is 35.5. The summed E-state index contributed by atoms with van der Waals surface area (Å²) in [6.07, 6.45) is 5.10. The number of hydrogen-bond acceptors (Lipinski definition) is 4. The molecule has 0 aliphatic heterocycles. The van der Waals surface area contributed by atoms with E-state index in [-0.39, 0.29) is 23.0 Å². The maximum absolute atomic E-state index is 14.4. The molecule has 35 heavy (non-hydrogen) atoms. The second kappa shape index (κ2) is 9.64. The summed E-state index contributed by atoms with van der Waals surface area (Å²) in [5.74, 6) is -0.732. The molecule has 1 amide bonds. The van der Waals surface area contributed by atoms with Crippen molar-refractivity contribution in [3.05, 3.63) is 113 Å². The summed E-state index contributed by atoms with van der Waals surface area (Å²) in [7, 11) is 1.63. The van der Waals surface area contributed by atoms with Crippen LogP contribution in [0.5, 0.6) is 0 Å². The highest BCUT2D eigenvalue weighted by Gasteiger charge is 2.22. The average molecular weight is 486 g/mol. The van der Waals surface area contributed by atoms with Gasteiger partial charge >= 0.3 is 0 Å². The second-order valence-corrected chi connectivity index (χ2v) is 8.58. The van der Waals surface area contributed by atoms with Crippen molar-refractivity contribution in [2.75, 3.05) is 7.05 Å². The molecule has 2 aromatic carbocycles. The molecule has 0 N–H and O–H groups in total. The molecule has 0 aliphatic carbocycles. The van der Waals surface area contributed by atoms with Gasteiger partial charge in [0.2, 0.25) is 0 Å². The number of aromatic nitrogens is 4. The molecule has 0 bridgehead atoms. The fourth-order valence-electron chi connectivity index (χ4n) is 3.96. The maximum Gasteiger partial charge on any atom is 0.254 e. The minimum Gasteiger partial charge on any atom is -0.337 e. The van der Waals surface area contributed by atoms with Gasteiger partial charge in [-0.05, 0) is 35.9 Å². The SMILES string of the molecule is CN(Cc1c(F)cccc1Cl)C(=O)c1cc(-c2ccccc2)nc2c1cnn2Cc1ccncc1. The third kappa shape index (κ3) is 4.63. The molecule has 5 rings (SSSR count). The van der Waals surface area contributed by atoms with Gasteiger partial charge < -0.3 is 4.90 Å². The fraction of sp³-hybridized carbons (Fsp3) is 0.111. The summed E-state index contributed by atoms with van der Waals surface area (Å²) in [5, 5.41) is 5.42. The fourth-order valence-corrected chi connectivity index (χ4v) is 4.18. The van der Waals surface area contributed by atoms with Crippen LogP contribution in [0, 0.1) is 5.82 Å². The highest BCUT2D eigenvalue weighted by Crippen LogP contribution is 2.27. The molecule has 0 saturated carbocycles. The Morgan fingerprint density at radius 1 is 1.06 bits per heavy atom. The van der Waals surface area contributed by atoms with Gasteiger partial charge in [0.15, 0.2) is 5.65 Å². The lowest BCUT2D eigenvalue weighted by Gasteiger charge is -2.19. The Kier molecular flexibility index (Phi) is 6.25. The van der Waals surface area contributed by atoms with E-state index in [2.05, 4.69) is 10.1 Å². The van der Waals surface area contributed by atoms with Crippen LogP contribution in [0.2, 0.25) is 5.02 Å². The van der Waals surface area contributed by atoms with Crippen molar-refractivity contribution in [1.29, 1.82) is 0 Å². The molecule has 174 valence electrons. The van der Waals surface area contributed by atoms with Crippen molar-refractivity contribution >= 4 is 28.5 Å². The zero-order valence-electron chi connectivity index (χ0n) is 18.9. The molecular formula is C27H21ClFN5O. The Bertz CT molecular complexity index is 1480. The molecule has 5 aromatic rings. The van der Waals surface area contributed by atoms with Crippen molar-refractivity contribution < 1.29 is 9.18 Å². The van der Waals surface area contributed by atoms with Crippen molar-refractivity contribution in [1.82, 2.24) is 24.6 Å². The van der Waals surface area contributed by atoms with Gasteiger partial charge in [-0.15, -0.1) is 0 Å². The Morgan fingerprint density at radius 3 is 2.57 bits per heavy atom. The van der Waals surface area contributed by atoms with Crippen LogP contribution in [0.4, 0.5) is 4.39 Å². The van der Waals surface area contributed by atoms with E-state index in [1.807, 2.05) is 42.5 Å². The lowest BCUT2D eigenvalue weighted by molar-refractivity contribution is 0.0786. The molecule has 0 saturated heterocycles. The molecule has 3 heterocycles. The number of benzene rings is 2. The highest BCUT2D eigenvalue weighted by molar-refractivity contribution is 6.31. The first kappa shape index (κ1) is 22.7. The number of carbonyl (C=O) groups excluding carboxylic acids is 1. The molecule has 0 aliphatic rings. The minimum atomic E-state index is -0.452. The summed E-state index contributed by atoms with van der Waals surface area (Å²) < 4.78 is 16.1. The standard InChI is InChI=1S/C27H21ClFN5O/c1-33(17-22-23(28)8-5-9-24(22)29)27(35)20-14-25(19-6-3-2-4-7-19)32-26-21(20)15-31-34(26)16-18-10-12-30-13-11-18/h2-15H,16-17H2,1H3. The molecule has 0 unspecified atom stereocenters. The van der Waals surface area contributed by atoms with E-state index in [0.717, 1.165) is 11.1 Å². The Hall–Kier alpha value is -4.10. The van der Waals surface area contributed by atoms with E-state index in [4.69, 9.17) is 16.6 Å². The van der Waals surface area contributed by atoms with E-state index in [1.54, 1.807) is 48.5 Å². The normalized spacial score (nSPS) is 11.1. The average Bonchev–Trinajstić information content (AvgIpc) is 3.29. The van der Waals surface area contributed by atoms with E-state index < -0.39 is 5.82 Å². The van der Waals surface area contributed by atoms with Crippen molar-refractivity contribution in [3.63, 3.8) is 0 Å². The van der Waals surface area contributed by atoms with Crippen LogP contribution in [0.1, 0.15) is 21.5 Å². The van der Waals surface area contributed by atoms with Gasteiger partial charge in [-0.3, -0.25) is 9.78 Å². The molecule has 0 radical (unpaired) electrons. The van der Waals surface area contributed by atoms with Crippen molar-refractivity contribution in [3.8, 4) is 11.3 Å². The van der Waals surface area contributed by atoms with E-state index >= 15 is 0 Å². The first-order valence-electron chi connectivity index (χ1n) is 11.0. The summed E-state index contributed by atoms with van der Waals surface area (Å²) in [4.78, 5) is 24.0. The smallest absolute Gasteiger partial charge is 0.254 e. The number of pyridine rings is 2. The zero-order chi connectivity index (χ0) is 24.4. The topological polar surface area (TPSA) is 63.9 Å². The largest absolute Gasteiger partial charge is 0.337 e. The summed E-state index contributed by atoms with van der Waals surface area (Å²) in [6.45, 7) is 0.506. The lowest BCUT2D eigenvalue weighted by atomic mass is 10.1. The van der Waals surface area contributed by atoms with Gasteiger partial charge in [-0.2, -0.15) is 5.10 Å². The number of nitrogens with zero attached hydrogens (tertiary/aromatic N) is 5. The Morgan fingerprint density at radius 2 is 1.83 bits per heavy atom. The molecule has 0 atom stereocenters. The molecule has 0 fully saturated rings. The third-order valence-electron chi connectivity index (χ3n) is 5.79. The number of halogens is 2. The Balaban J connectivity index is 1.58. The monoisotopic (exact) mass is 485 g/mol. The van der Waals surface area contributed by atoms with Crippen LogP contribution >= 0.6 is 11.6 Å². The van der Waals surface area contributed by atoms with Gasteiger partial charge in [0, 0.05) is 42.1 Å². The van der Waals surface area contributed by atoms with E-state index in [0.29, 0.717) is 28.8 Å². The van der Waals surface area contributed by atoms with Crippen LogP contribution in [0.3, 0.4) is 0 Å². The summed E-state index contributed by atoms with van der Waals surface area (Å²) in [5.41, 5.74) is 3.83. The van der Waals surface area contributed by atoms with Gasteiger partial charge in [0.25, 0.3) is 5.91 Å². The second-order valence-electron chi connectivity index (χ2n) is 8.18. The number of rotatable bonds is 6. The van der Waals surface area contributed by atoms with Crippen LogP contribution in [-0.2, 0) is 13.1 Å². The van der Waals surface area contributed by atoms with Crippen LogP contribution in [0.25, 0.3) is 22.3 Å². The van der Waals surface area contributed by atoms with Crippen molar-refractivity contribution in [2.45, 2.75) is 13.1 Å².